The second kappa shape index (κ2) is 4.82. The van der Waals surface area contributed by atoms with Crippen molar-refractivity contribution in [1.29, 1.82) is 0 Å². The van der Waals surface area contributed by atoms with Crippen LogP contribution in [0.5, 0.6) is 0 Å². The molecule has 0 aromatic heterocycles. The standard InChI is InChI=1S/C12H11N3OS3/c1-2-14-7-5-3-4-6-8(7)18-11(14)9-10(16)15(13)12(17)19-9/h3-6H,2,13H2,1H3/b11-9+. The number of amides is 1. The average Bonchev–Trinajstić information content (AvgIpc) is 2.91. The number of fused-ring (bicyclic) bond motifs is 1. The SMILES string of the molecule is CCN1/C(=C2\SC(=S)N(N)C2=O)Sc2ccccc21. The molecule has 0 aliphatic carbocycles. The number of anilines is 1. The maximum atomic E-state index is 12.1. The van der Waals surface area contributed by atoms with E-state index in [-0.39, 0.29) is 5.91 Å². The van der Waals surface area contributed by atoms with E-state index in [1.807, 2.05) is 12.1 Å². The van der Waals surface area contributed by atoms with Gasteiger partial charge in [-0.1, -0.05) is 47.9 Å². The molecule has 0 spiro atoms. The number of hydrogen-bond donors (Lipinski definition) is 1. The van der Waals surface area contributed by atoms with Crippen LogP contribution in [0.15, 0.2) is 39.1 Å². The van der Waals surface area contributed by atoms with Gasteiger partial charge in [0.2, 0.25) is 0 Å². The number of nitrogens with zero attached hydrogens (tertiary/aromatic N) is 2. The number of nitrogens with two attached hydrogens (primary N) is 1. The number of hydrazine groups is 1. The molecule has 1 aromatic carbocycles. The third-order valence-corrected chi connectivity index (χ3v) is 5.62. The molecule has 1 fully saturated rings. The normalized spacial score (nSPS) is 22.4. The molecule has 1 saturated heterocycles. The van der Waals surface area contributed by atoms with Crippen LogP contribution in [0, 0.1) is 0 Å². The smallest absolute Gasteiger partial charge is 0.283 e. The number of rotatable bonds is 1. The lowest BCUT2D eigenvalue weighted by atomic mass is 10.3. The molecule has 0 unspecified atom stereocenters. The Kier molecular flexibility index (Phi) is 3.30. The lowest BCUT2D eigenvalue weighted by Crippen LogP contribution is -2.35. The summed E-state index contributed by atoms with van der Waals surface area (Å²) in [7, 11) is 0. The van der Waals surface area contributed by atoms with E-state index in [4.69, 9.17) is 18.1 Å². The summed E-state index contributed by atoms with van der Waals surface area (Å²) in [5, 5.41) is 1.97. The van der Waals surface area contributed by atoms with E-state index in [2.05, 4.69) is 24.0 Å². The Morgan fingerprint density at radius 2 is 2.05 bits per heavy atom. The van der Waals surface area contributed by atoms with Crippen LogP contribution in [0.2, 0.25) is 0 Å². The van der Waals surface area contributed by atoms with Crippen molar-refractivity contribution in [3.05, 3.63) is 34.2 Å². The van der Waals surface area contributed by atoms with Gasteiger partial charge in [0.25, 0.3) is 5.91 Å². The number of hydrogen-bond acceptors (Lipinski definition) is 6. The van der Waals surface area contributed by atoms with Crippen LogP contribution in [0.3, 0.4) is 0 Å². The van der Waals surface area contributed by atoms with Gasteiger partial charge in [-0.15, -0.1) is 0 Å². The van der Waals surface area contributed by atoms with Gasteiger partial charge >= 0.3 is 0 Å². The van der Waals surface area contributed by atoms with Crippen molar-refractivity contribution in [3.8, 4) is 0 Å². The number of para-hydroxylation sites is 1. The minimum atomic E-state index is -0.219. The van der Waals surface area contributed by atoms with E-state index in [1.165, 1.54) is 11.8 Å². The Balaban J connectivity index is 2.09. The Labute approximate surface area is 125 Å². The molecular weight excluding hydrogens is 298 g/mol. The van der Waals surface area contributed by atoms with E-state index < -0.39 is 0 Å². The molecule has 2 N–H and O–H groups in total. The summed E-state index contributed by atoms with van der Waals surface area (Å²) in [5.41, 5.74) is 1.13. The zero-order chi connectivity index (χ0) is 13.6. The maximum Gasteiger partial charge on any atom is 0.283 e. The Bertz CT molecular complexity index is 614. The fourth-order valence-corrected chi connectivity index (χ4v) is 4.50. The fraction of sp³-hybridized carbons (Fsp3) is 0.167. The number of thiocarbonyl (C=S) groups is 1. The molecule has 0 radical (unpaired) electrons. The van der Waals surface area contributed by atoms with Crippen molar-refractivity contribution in [2.45, 2.75) is 11.8 Å². The first-order valence-electron chi connectivity index (χ1n) is 5.73. The number of carbonyl (C=O) groups is 1. The van der Waals surface area contributed by atoms with E-state index in [1.54, 1.807) is 11.8 Å². The molecule has 7 heteroatoms. The van der Waals surface area contributed by atoms with Crippen LogP contribution in [0.1, 0.15) is 6.92 Å². The van der Waals surface area contributed by atoms with Gasteiger partial charge in [-0.05, 0) is 19.1 Å². The number of carbonyl (C=O) groups excluding carboxylic acids is 1. The molecule has 19 heavy (non-hydrogen) atoms. The van der Waals surface area contributed by atoms with Crippen LogP contribution in [0.4, 0.5) is 5.69 Å². The van der Waals surface area contributed by atoms with Gasteiger partial charge in [0.15, 0.2) is 4.32 Å². The first-order valence-corrected chi connectivity index (χ1v) is 7.77. The highest BCUT2D eigenvalue weighted by Crippen LogP contribution is 2.49. The zero-order valence-corrected chi connectivity index (χ0v) is 12.6. The van der Waals surface area contributed by atoms with Crippen molar-refractivity contribution >= 4 is 51.7 Å². The highest BCUT2D eigenvalue weighted by Gasteiger charge is 2.37. The molecule has 2 heterocycles. The molecular formula is C12H11N3OS3. The Morgan fingerprint density at radius 1 is 1.32 bits per heavy atom. The highest BCUT2D eigenvalue weighted by atomic mass is 32.2. The second-order valence-corrected chi connectivity index (χ2v) is 6.67. The third-order valence-electron chi connectivity index (χ3n) is 2.92. The van der Waals surface area contributed by atoms with E-state index in [0.717, 1.165) is 27.2 Å². The van der Waals surface area contributed by atoms with Crippen molar-refractivity contribution in [3.63, 3.8) is 0 Å². The summed E-state index contributed by atoms with van der Waals surface area (Å²) in [5.74, 6) is 5.41. The lowest BCUT2D eigenvalue weighted by Gasteiger charge is -2.18. The largest absolute Gasteiger partial charge is 0.334 e. The Hall–Kier alpha value is -1.02. The summed E-state index contributed by atoms with van der Waals surface area (Å²) >= 11 is 7.94. The Morgan fingerprint density at radius 3 is 2.68 bits per heavy atom. The average molecular weight is 309 g/mol. The molecule has 3 rings (SSSR count). The topological polar surface area (TPSA) is 49.6 Å². The van der Waals surface area contributed by atoms with Crippen molar-refractivity contribution < 1.29 is 4.79 Å². The van der Waals surface area contributed by atoms with Gasteiger partial charge in [-0.25, -0.2) is 10.9 Å². The van der Waals surface area contributed by atoms with Gasteiger partial charge < -0.3 is 4.90 Å². The van der Waals surface area contributed by atoms with Crippen LogP contribution in [-0.2, 0) is 4.79 Å². The van der Waals surface area contributed by atoms with Crippen LogP contribution >= 0.6 is 35.7 Å². The zero-order valence-electron chi connectivity index (χ0n) is 10.1. The van der Waals surface area contributed by atoms with E-state index in [9.17, 15) is 4.79 Å². The monoisotopic (exact) mass is 309 g/mol. The predicted molar refractivity (Wildman–Crippen MR) is 83.6 cm³/mol. The molecule has 4 nitrogen and oxygen atoms in total. The quantitative estimate of drug-likeness (QED) is 0.372. The highest BCUT2D eigenvalue weighted by molar-refractivity contribution is 8.27. The van der Waals surface area contributed by atoms with Crippen molar-refractivity contribution in [2.75, 3.05) is 11.4 Å². The lowest BCUT2D eigenvalue weighted by molar-refractivity contribution is -0.122. The van der Waals surface area contributed by atoms with Crippen LogP contribution in [0.25, 0.3) is 0 Å². The molecule has 1 aromatic rings. The van der Waals surface area contributed by atoms with Gasteiger partial charge in [-0.2, -0.15) is 0 Å². The van der Waals surface area contributed by atoms with Crippen molar-refractivity contribution in [2.24, 2.45) is 5.84 Å². The first kappa shape index (κ1) is 13.0. The van der Waals surface area contributed by atoms with Gasteiger partial charge in [-0.3, -0.25) is 4.79 Å². The maximum absolute atomic E-state index is 12.1. The molecule has 0 bridgehead atoms. The molecule has 2 aliphatic rings. The number of thioether (sulfide) groups is 2. The number of benzene rings is 1. The molecule has 98 valence electrons. The summed E-state index contributed by atoms with van der Waals surface area (Å²) < 4.78 is 0.403. The molecule has 1 amide bonds. The molecule has 0 atom stereocenters. The van der Waals surface area contributed by atoms with E-state index in [0.29, 0.717) is 9.23 Å². The minimum absolute atomic E-state index is 0.219. The van der Waals surface area contributed by atoms with E-state index >= 15 is 0 Å². The second-order valence-electron chi connectivity index (χ2n) is 3.99. The summed E-state index contributed by atoms with van der Waals surface area (Å²) in [6.07, 6.45) is 0. The minimum Gasteiger partial charge on any atom is -0.334 e. The predicted octanol–water partition coefficient (Wildman–Crippen LogP) is 2.52. The van der Waals surface area contributed by atoms with Gasteiger partial charge in [0, 0.05) is 11.4 Å². The fourth-order valence-electron chi connectivity index (χ4n) is 2.03. The van der Waals surface area contributed by atoms with Gasteiger partial charge in [0.1, 0.15) is 9.93 Å². The summed E-state index contributed by atoms with van der Waals surface area (Å²) in [6, 6.07) is 8.11. The first-order chi connectivity index (χ1) is 9.13. The van der Waals surface area contributed by atoms with Crippen molar-refractivity contribution in [1.82, 2.24) is 5.01 Å². The molecule has 0 saturated carbocycles. The van der Waals surface area contributed by atoms with Gasteiger partial charge in [0.05, 0.1) is 5.69 Å². The summed E-state index contributed by atoms with van der Waals surface area (Å²) in [6.45, 7) is 2.86. The van der Waals surface area contributed by atoms with Crippen LogP contribution in [-0.4, -0.2) is 21.8 Å². The molecule has 2 aliphatic heterocycles. The third kappa shape index (κ3) is 1.97. The van der Waals surface area contributed by atoms with Crippen LogP contribution < -0.4 is 10.7 Å². The summed E-state index contributed by atoms with van der Waals surface area (Å²) in [4.78, 5) is 16.0.